The summed E-state index contributed by atoms with van der Waals surface area (Å²) in [4.78, 5) is 23.4. The van der Waals surface area contributed by atoms with E-state index in [9.17, 15) is 9.59 Å². The van der Waals surface area contributed by atoms with Gasteiger partial charge < -0.3 is 15.3 Å². The Morgan fingerprint density at radius 1 is 1.57 bits per heavy atom. The summed E-state index contributed by atoms with van der Waals surface area (Å²) in [5, 5.41) is 11.0. The largest absolute Gasteiger partial charge is 0.480 e. The minimum atomic E-state index is -1.12. The van der Waals surface area contributed by atoms with Gasteiger partial charge in [0, 0.05) is 6.42 Å². The summed E-state index contributed by atoms with van der Waals surface area (Å²) >= 11 is 0. The number of rotatable bonds is 5. The molecular formula is C9H14N2O3. The second kappa shape index (κ2) is 6.00. The number of hydrogen-bond donors (Lipinski definition) is 2. The molecule has 78 valence electrons. The fraction of sp³-hybridized carbons (Fsp3) is 0.556. The Morgan fingerprint density at radius 2 is 2.14 bits per heavy atom. The second-order valence-electron chi connectivity index (χ2n) is 3.10. The summed E-state index contributed by atoms with van der Waals surface area (Å²) in [6, 6.07) is -0.993. The van der Waals surface area contributed by atoms with E-state index in [1.54, 1.807) is 19.0 Å². The highest BCUT2D eigenvalue weighted by Gasteiger charge is 2.18. The maximum Gasteiger partial charge on any atom is 0.327 e. The molecule has 0 aromatic heterocycles. The summed E-state index contributed by atoms with van der Waals surface area (Å²) < 4.78 is 0. The van der Waals surface area contributed by atoms with Crippen molar-refractivity contribution in [1.82, 2.24) is 10.2 Å². The smallest absolute Gasteiger partial charge is 0.327 e. The zero-order valence-electron chi connectivity index (χ0n) is 8.28. The molecule has 1 amide bonds. The van der Waals surface area contributed by atoms with Crippen molar-refractivity contribution in [2.24, 2.45) is 0 Å². The van der Waals surface area contributed by atoms with Crippen LogP contribution >= 0.6 is 0 Å². The Kier molecular flexibility index (Phi) is 5.34. The number of nitrogens with zero attached hydrogens (tertiary/aromatic N) is 1. The minimum absolute atomic E-state index is 0.00545. The average Bonchev–Trinajstić information content (AvgIpc) is 2.01. The molecule has 0 rings (SSSR count). The van der Waals surface area contributed by atoms with Crippen LogP contribution in [0.1, 0.15) is 6.42 Å². The Hall–Kier alpha value is -1.54. The highest BCUT2D eigenvalue weighted by atomic mass is 16.4. The molecule has 0 aliphatic heterocycles. The van der Waals surface area contributed by atoms with Crippen molar-refractivity contribution < 1.29 is 14.7 Å². The van der Waals surface area contributed by atoms with Crippen LogP contribution in [-0.2, 0) is 9.59 Å². The molecule has 0 bridgehead atoms. The topological polar surface area (TPSA) is 69.6 Å². The number of carbonyl (C=O) groups excluding carboxylic acids is 1. The lowest BCUT2D eigenvalue weighted by molar-refractivity contribution is -0.141. The van der Waals surface area contributed by atoms with Gasteiger partial charge in [-0.15, -0.1) is 12.3 Å². The first kappa shape index (κ1) is 12.5. The van der Waals surface area contributed by atoms with Crippen LogP contribution in [-0.4, -0.2) is 48.6 Å². The molecule has 0 radical (unpaired) electrons. The lowest BCUT2D eigenvalue weighted by Crippen LogP contribution is -2.44. The molecule has 0 spiro atoms. The number of likely N-dealkylation sites (N-methyl/N-ethyl adjacent to an activating group) is 1. The molecular weight excluding hydrogens is 184 g/mol. The number of nitrogens with one attached hydrogen (secondary N) is 1. The molecule has 0 saturated heterocycles. The van der Waals surface area contributed by atoms with Crippen molar-refractivity contribution in [1.29, 1.82) is 0 Å². The lowest BCUT2D eigenvalue weighted by atomic mass is 10.2. The van der Waals surface area contributed by atoms with Crippen molar-refractivity contribution in [3.8, 4) is 12.3 Å². The fourth-order valence-corrected chi connectivity index (χ4v) is 0.845. The van der Waals surface area contributed by atoms with Gasteiger partial charge in [0.15, 0.2) is 0 Å². The van der Waals surface area contributed by atoms with Gasteiger partial charge in [-0.1, -0.05) is 0 Å². The number of amides is 1. The van der Waals surface area contributed by atoms with Crippen molar-refractivity contribution in [3.63, 3.8) is 0 Å². The van der Waals surface area contributed by atoms with Gasteiger partial charge >= 0.3 is 5.97 Å². The molecule has 0 aromatic carbocycles. The normalized spacial score (nSPS) is 11.9. The third-order valence-electron chi connectivity index (χ3n) is 1.42. The highest BCUT2D eigenvalue weighted by Crippen LogP contribution is 1.90. The molecule has 0 saturated carbocycles. The molecule has 0 aliphatic rings. The minimum Gasteiger partial charge on any atom is -0.480 e. The lowest BCUT2D eigenvalue weighted by Gasteiger charge is -2.14. The van der Waals surface area contributed by atoms with Crippen LogP contribution in [0.25, 0.3) is 0 Å². The van der Waals surface area contributed by atoms with E-state index in [-0.39, 0.29) is 18.9 Å². The predicted molar refractivity (Wildman–Crippen MR) is 51.6 cm³/mol. The summed E-state index contributed by atoms with van der Waals surface area (Å²) in [5.41, 5.74) is 0. The molecule has 1 unspecified atom stereocenters. The van der Waals surface area contributed by atoms with Gasteiger partial charge in [0.05, 0.1) is 6.54 Å². The van der Waals surface area contributed by atoms with Crippen LogP contribution in [0.4, 0.5) is 0 Å². The van der Waals surface area contributed by atoms with Gasteiger partial charge in [-0.2, -0.15) is 0 Å². The van der Waals surface area contributed by atoms with E-state index in [1.807, 2.05) is 0 Å². The van der Waals surface area contributed by atoms with E-state index >= 15 is 0 Å². The third kappa shape index (κ3) is 5.17. The predicted octanol–water partition coefficient (Wildman–Crippen LogP) is -0.859. The number of terminal acetylenes is 1. The van der Waals surface area contributed by atoms with Gasteiger partial charge in [-0.05, 0) is 14.1 Å². The zero-order valence-corrected chi connectivity index (χ0v) is 8.28. The van der Waals surface area contributed by atoms with Crippen LogP contribution in [0.3, 0.4) is 0 Å². The monoisotopic (exact) mass is 198 g/mol. The number of aliphatic carboxylic acids is 1. The summed E-state index contributed by atoms with van der Waals surface area (Å²) in [6.45, 7) is 0.147. The Bertz CT molecular complexity index is 255. The van der Waals surface area contributed by atoms with Gasteiger partial charge in [0.1, 0.15) is 6.04 Å². The zero-order chi connectivity index (χ0) is 11.1. The van der Waals surface area contributed by atoms with Crippen LogP contribution in [0.15, 0.2) is 0 Å². The fourth-order valence-electron chi connectivity index (χ4n) is 0.845. The van der Waals surface area contributed by atoms with E-state index < -0.39 is 12.0 Å². The number of hydrogen-bond acceptors (Lipinski definition) is 3. The van der Waals surface area contributed by atoms with Crippen LogP contribution < -0.4 is 5.32 Å². The maximum atomic E-state index is 11.2. The van der Waals surface area contributed by atoms with Crippen molar-refractivity contribution in [3.05, 3.63) is 0 Å². The summed E-state index contributed by atoms with van der Waals surface area (Å²) in [6.07, 6.45) is 4.96. The van der Waals surface area contributed by atoms with Gasteiger partial charge in [-0.25, -0.2) is 4.79 Å². The van der Waals surface area contributed by atoms with Gasteiger partial charge in [0.25, 0.3) is 0 Å². The van der Waals surface area contributed by atoms with E-state index in [0.717, 1.165) is 0 Å². The maximum absolute atomic E-state index is 11.2. The molecule has 1 atom stereocenters. The summed E-state index contributed by atoms with van der Waals surface area (Å²) in [7, 11) is 3.44. The third-order valence-corrected chi connectivity index (χ3v) is 1.42. The van der Waals surface area contributed by atoms with Crippen molar-refractivity contribution >= 4 is 11.9 Å². The van der Waals surface area contributed by atoms with Crippen LogP contribution in [0, 0.1) is 12.3 Å². The molecule has 14 heavy (non-hydrogen) atoms. The SMILES string of the molecule is C#CCC(NC(=O)CN(C)C)C(=O)O. The van der Waals surface area contributed by atoms with E-state index in [0.29, 0.717) is 0 Å². The molecule has 5 heteroatoms. The highest BCUT2D eigenvalue weighted by molar-refractivity contribution is 5.84. The van der Waals surface area contributed by atoms with Crippen molar-refractivity contribution in [2.45, 2.75) is 12.5 Å². The number of carboxylic acid groups (broad SMARTS) is 1. The van der Waals surface area contributed by atoms with E-state index in [4.69, 9.17) is 11.5 Å². The Balaban J connectivity index is 4.11. The molecule has 0 heterocycles. The molecule has 2 N–H and O–H groups in total. The van der Waals surface area contributed by atoms with Gasteiger partial charge in [-0.3, -0.25) is 4.79 Å². The summed E-state index contributed by atoms with van der Waals surface area (Å²) in [5.74, 6) is 0.734. The standard InChI is InChI=1S/C9H14N2O3/c1-4-5-7(9(13)14)10-8(12)6-11(2)3/h1,7H,5-6H2,2-3H3,(H,10,12)(H,13,14). The van der Waals surface area contributed by atoms with E-state index in [1.165, 1.54) is 0 Å². The van der Waals surface area contributed by atoms with Crippen LogP contribution in [0.2, 0.25) is 0 Å². The molecule has 0 aromatic rings. The Labute approximate surface area is 83.1 Å². The van der Waals surface area contributed by atoms with Gasteiger partial charge in [0.2, 0.25) is 5.91 Å². The number of carboxylic acids is 1. The van der Waals surface area contributed by atoms with E-state index in [2.05, 4.69) is 11.2 Å². The molecule has 5 nitrogen and oxygen atoms in total. The molecule has 0 fully saturated rings. The first-order chi connectivity index (χ1) is 6.47. The van der Waals surface area contributed by atoms with Crippen molar-refractivity contribution in [2.75, 3.05) is 20.6 Å². The first-order valence-corrected chi connectivity index (χ1v) is 4.07. The van der Waals surface area contributed by atoms with Crippen LogP contribution in [0.5, 0.6) is 0 Å². The molecule has 0 aliphatic carbocycles. The average molecular weight is 198 g/mol. The number of carbonyl (C=O) groups is 2. The first-order valence-electron chi connectivity index (χ1n) is 4.07. The Morgan fingerprint density at radius 3 is 2.50 bits per heavy atom. The second-order valence-corrected chi connectivity index (χ2v) is 3.10. The quantitative estimate of drug-likeness (QED) is 0.564.